The molecule has 3 N–H and O–H groups in total. The Labute approximate surface area is 121 Å². The number of ether oxygens (including phenoxy) is 1. The molecule has 0 spiro atoms. The number of rotatable bonds is 5. The van der Waals surface area contributed by atoms with Crippen molar-refractivity contribution < 1.29 is 9.53 Å². The van der Waals surface area contributed by atoms with Crippen LogP contribution in [0.4, 0.5) is 0 Å². The van der Waals surface area contributed by atoms with E-state index in [9.17, 15) is 4.79 Å². The van der Waals surface area contributed by atoms with Crippen LogP contribution in [0, 0.1) is 10.8 Å². The Bertz CT molecular complexity index is 438. The normalized spacial score (nSPS) is 19.2. The molecule has 0 saturated heterocycles. The lowest BCUT2D eigenvalue weighted by Gasteiger charge is -2.40. The number of carbonyl (C=O) groups is 1. The van der Waals surface area contributed by atoms with Crippen molar-refractivity contribution in [1.82, 2.24) is 0 Å². The molecule has 0 heterocycles. The Morgan fingerprint density at radius 3 is 2.35 bits per heavy atom. The number of nitrogens with one attached hydrogen (secondary N) is 1. The average Bonchev–Trinajstić information content (AvgIpc) is 2.26. The quantitative estimate of drug-likeness (QED) is 0.460. The molecule has 1 rings (SSSR count). The van der Waals surface area contributed by atoms with Gasteiger partial charge in [0.15, 0.2) is 0 Å². The van der Waals surface area contributed by atoms with Crippen LogP contribution < -0.4 is 5.73 Å². The van der Waals surface area contributed by atoms with E-state index in [1.165, 1.54) is 12.3 Å². The lowest BCUT2D eigenvalue weighted by Crippen LogP contribution is -2.35. The summed E-state index contributed by atoms with van der Waals surface area (Å²) in [5.41, 5.74) is 7.04. The van der Waals surface area contributed by atoms with Gasteiger partial charge in [-0.1, -0.05) is 19.4 Å². The van der Waals surface area contributed by atoms with Gasteiger partial charge in [0.2, 0.25) is 0 Å². The van der Waals surface area contributed by atoms with Gasteiger partial charge in [0, 0.05) is 23.4 Å². The Kier molecular flexibility index (Phi) is 5.15. The molecule has 1 aliphatic carbocycles. The van der Waals surface area contributed by atoms with Crippen molar-refractivity contribution >= 4 is 12.2 Å². The lowest BCUT2D eigenvalue weighted by atomic mass is 9.65. The maximum Gasteiger partial charge on any atom is 0.330 e. The molecule has 0 aliphatic heterocycles. The van der Waals surface area contributed by atoms with Gasteiger partial charge in [-0.25, -0.2) is 4.79 Å². The Hall–Kier alpha value is -1.58. The van der Waals surface area contributed by atoms with Crippen LogP contribution in [0.1, 0.15) is 53.4 Å². The van der Waals surface area contributed by atoms with Crippen LogP contribution in [0.3, 0.4) is 0 Å². The van der Waals surface area contributed by atoms with E-state index in [1.807, 2.05) is 33.8 Å². The molecule has 4 nitrogen and oxygen atoms in total. The fourth-order valence-electron chi connectivity index (χ4n) is 2.34. The maximum absolute atomic E-state index is 11.8. The SMILES string of the molecule is CC/C(C=N)=C(/N)C1(/C=C/C(=O)OC(C)(C)C)CCC1. The minimum absolute atomic E-state index is 0.264. The summed E-state index contributed by atoms with van der Waals surface area (Å²) in [7, 11) is 0. The molecule has 1 aliphatic rings. The second-order valence-corrected chi connectivity index (χ2v) is 6.31. The first-order valence-corrected chi connectivity index (χ1v) is 7.16. The monoisotopic (exact) mass is 278 g/mol. The van der Waals surface area contributed by atoms with Crippen LogP contribution in [0.2, 0.25) is 0 Å². The summed E-state index contributed by atoms with van der Waals surface area (Å²) in [6.07, 6.45) is 8.33. The molecular formula is C16H26N2O2. The molecule has 112 valence electrons. The molecule has 0 radical (unpaired) electrons. The first kappa shape index (κ1) is 16.5. The third kappa shape index (κ3) is 3.95. The predicted molar refractivity (Wildman–Crippen MR) is 81.6 cm³/mol. The van der Waals surface area contributed by atoms with Crippen molar-refractivity contribution in [2.24, 2.45) is 11.1 Å². The molecule has 0 bridgehead atoms. The van der Waals surface area contributed by atoms with Gasteiger partial charge < -0.3 is 15.9 Å². The summed E-state index contributed by atoms with van der Waals surface area (Å²) < 4.78 is 5.27. The molecule has 0 aromatic carbocycles. The highest BCUT2D eigenvalue weighted by Crippen LogP contribution is 2.47. The van der Waals surface area contributed by atoms with Gasteiger partial charge >= 0.3 is 5.97 Å². The van der Waals surface area contributed by atoms with Gasteiger partial charge in [-0.2, -0.15) is 0 Å². The van der Waals surface area contributed by atoms with Gasteiger partial charge in [-0.05, 0) is 45.6 Å². The van der Waals surface area contributed by atoms with Gasteiger partial charge in [0.25, 0.3) is 0 Å². The van der Waals surface area contributed by atoms with E-state index in [0.717, 1.165) is 37.0 Å². The molecule has 0 amide bonds. The first-order chi connectivity index (χ1) is 9.24. The first-order valence-electron chi connectivity index (χ1n) is 7.16. The zero-order chi connectivity index (χ0) is 15.4. The van der Waals surface area contributed by atoms with E-state index in [0.29, 0.717) is 0 Å². The summed E-state index contributed by atoms with van der Waals surface area (Å²) in [4.78, 5) is 11.8. The van der Waals surface area contributed by atoms with E-state index >= 15 is 0 Å². The summed E-state index contributed by atoms with van der Waals surface area (Å²) in [5, 5.41) is 7.43. The van der Waals surface area contributed by atoms with Crippen LogP contribution in [0.5, 0.6) is 0 Å². The molecule has 4 heteroatoms. The van der Waals surface area contributed by atoms with E-state index in [1.54, 1.807) is 0 Å². The number of carbonyl (C=O) groups excluding carboxylic acids is 1. The van der Waals surface area contributed by atoms with Crippen LogP contribution in [-0.2, 0) is 9.53 Å². The number of hydrogen-bond donors (Lipinski definition) is 2. The van der Waals surface area contributed by atoms with Crippen molar-refractivity contribution in [3.63, 3.8) is 0 Å². The van der Waals surface area contributed by atoms with E-state index in [4.69, 9.17) is 15.9 Å². The highest BCUT2D eigenvalue weighted by Gasteiger charge is 2.38. The molecule has 20 heavy (non-hydrogen) atoms. The molecule has 0 atom stereocenters. The minimum Gasteiger partial charge on any atom is -0.457 e. The van der Waals surface area contributed by atoms with Crippen LogP contribution in [0.25, 0.3) is 0 Å². The number of esters is 1. The number of allylic oxidation sites excluding steroid dienone is 2. The summed E-state index contributed by atoms with van der Waals surface area (Å²) in [5.74, 6) is -0.343. The third-order valence-corrected chi connectivity index (χ3v) is 3.63. The highest BCUT2D eigenvalue weighted by molar-refractivity contribution is 5.83. The van der Waals surface area contributed by atoms with E-state index < -0.39 is 5.60 Å². The third-order valence-electron chi connectivity index (χ3n) is 3.63. The molecular weight excluding hydrogens is 252 g/mol. The Morgan fingerprint density at radius 2 is 2.00 bits per heavy atom. The van der Waals surface area contributed by atoms with Crippen LogP contribution in [0.15, 0.2) is 23.4 Å². The number of nitrogens with two attached hydrogens (primary N) is 1. The van der Waals surface area contributed by atoms with Crippen LogP contribution in [-0.4, -0.2) is 17.8 Å². The van der Waals surface area contributed by atoms with Crippen molar-refractivity contribution in [2.75, 3.05) is 0 Å². The van der Waals surface area contributed by atoms with Crippen molar-refractivity contribution in [3.8, 4) is 0 Å². The highest BCUT2D eigenvalue weighted by atomic mass is 16.6. The van der Waals surface area contributed by atoms with Gasteiger partial charge in [0.1, 0.15) is 5.60 Å². The summed E-state index contributed by atoms with van der Waals surface area (Å²) in [6.45, 7) is 7.51. The molecule has 0 aromatic heterocycles. The van der Waals surface area contributed by atoms with Gasteiger partial charge in [-0.3, -0.25) is 0 Å². The molecule has 0 unspecified atom stereocenters. The molecule has 1 saturated carbocycles. The van der Waals surface area contributed by atoms with Crippen molar-refractivity contribution in [3.05, 3.63) is 23.4 Å². The summed E-state index contributed by atoms with van der Waals surface area (Å²) in [6, 6.07) is 0. The Morgan fingerprint density at radius 1 is 1.40 bits per heavy atom. The molecule has 1 fully saturated rings. The van der Waals surface area contributed by atoms with Crippen LogP contribution >= 0.6 is 0 Å². The van der Waals surface area contributed by atoms with Crippen molar-refractivity contribution in [1.29, 1.82) is 5.41 Å². The van der Waals surface area contributed by atoms with Gasteiger partial charge in [0.05, 0.1) is 0 Å². The maximum atomic E-state index is 11.8. The van der Waals surface area contributed by atoms with Crippen molar-refractivity contribution in [2.45, 2.75) is 59.0 Å². The zero-order valence-electron chi connectivity index (χ0n) is 13.0. The fraction of sp³-hybridized carbons (Fsp3) is 0.625. The average molecular weight is 278 g/mol. The largest absolute Gasteiger partial charge is 0.457 e. The fourth-order valence-corrected chi connectivity index (χ4v) is 2.34. The lowest BCUT2D eigenvalue weighted by molar-refractivity contribution is -0.148. The van der Waals surface area contributed by atoms with E-state index in [-0.39, 0.29) is 11.4 Å². The van der Waals surface area contributed by atoms with E-state index in [2.05, 4.69) is 0 Å². The Balaban J connectivity index is 2.89. The minimum atomic E-state index is -0.487. The molecule has 0 aromatic rings. The number of hydrogen-bond acceptors (Lipinski definition) is 4. The second kappa shape index (κ2) is 6.25. The zero-order valence-corrected chi connectivity index (χ0v) is 13.0. The topological polar surface area (TPSA) is 76.2 Å². The second-order valence-electron chi connectivity index (χ2n) is 6.31. The smallest absolute Gasteiger partial charge is 0.330 e. The summed E-state index contributed by atoms with van der Waals surface area (Å²) >= 11 is 0. The standard InChI is InChI=1S/C16H26N2O2/c1-5-12(11-17)14(18)16(8-6-9-16)10-7-13(19)20-15(2,3)4/h7,10-11,17H,5-6,8-9,18H2,1-4H3/b10-7+,14-12-,17-11?. The predicted octanol–water partition coefficient (Wildman–Crippen LogP) is 3.33. The van der Waals surface area contributed by atoms with Gasteiger partial charge in [-0.15, -0.1) is 0 Å².